The number of aryl methyl sites for hydroxylation is 1. The maximum Gasteiger partial charge on any atom is 0.326 e. The number of aliphatic carboxylic acids is 1. The number of ether oxygens (including phenoxy) is 1. The van der Waals surface area contributed by atoms with Gasteiger partial charge < -0.3 is 14.7 Å². The number of likely N-dealkylation sites (tertiary alicyclic amines) is 1. The average molecular weight is 470 g/mol. The van der Waals surface area contributed by atoms with Gasteiger partial charge in [-0.05, 0) is 43.4 Å². The standard InChI is InChI=1S/C26H31NO5S/c1-18(15-20(26(31)32-2)14-13-19-9-5-3-6-10-19)24(28)27-17-22(16-23(27)25(29)30)33-21-11-7-4-8-12-21/h3-12,18,20,22-23H,13-17H2,1-2H3,(H,29,30)/t18?,20?,22?,23-/m0/s1. The van der Waals surface area contributed by atoms with Crippen molar-refractivity contribution < 1.29 is 24.2 Å². The maximum absolute atomic E-state index is 13.3. The van der Waals surface area contributed by atoms with Gasteiger partial charge in [-0.2, -0.15) is 0 Å². The second kappa shape index (κ2) is 11.9. The third-order valence-corrected chi connectivity index (χ3v) is 7.31. The zero-order valence-corrected chi connectivity index (χ0v) is 19.9. The number of methoxy groups -OCH3 is 1. The summed E-state index contributed by atoms with van der Waals surface area (Å²) in [6.45, 7) is 2.16. The monoisotopic (exact) mass is 469 g/mol. The molecule has 33 heavy (non-hydrogen) atoms. The smallest absolute Gasteiger partial charge is 0.326 e. The zero-order valence-electron chi connectivity index (χ0n) is 19.1. The molecule has 0 bridgehead atoms. The average Bonchev–Trinajstić information content (AvgIpc) is 3.26. The van der Waals surface area contributed by atoms with Crippen molar-refractivity contribution in [1.29, 1.82) is 0 Å². The third-order valence-electron chi connectivity index (χ3n) is 6.10. The Morgan fingerprint density at radius 1 is 1.09 bits per heavy atom. The molecule has 1 fully saturated rings. The lowest BCUT2D eigenvalue weighted by atomic mass is 9.89. The third kappa shape index (κ3) is 6.84. The van der Waals surface area contributed by atoms with E-state index in [1.807, 2.05) is 60.7 Å². The van der Waals surface area contributed by atoms with E-state index in [1.54, 1.807) is 18.7 Å². The van der Waals surface area contributed by atoms with Gasteiger partial charge in [0.2, 0.25) is 5.91 Å². The van der Waals surface area contributed by atoms with Crippen molar-refractivity contribution in [3.8, 4) is 0 Å². The summed E-state index contributed by atoms with van der Waals surface area (Å²) >= 11 is 1.60. The van der Waals surface area contributed by atoms with Crippen molar-refractivity contribution in [1.82, 2.24) is 4.90 Å². The topological polar surface area (TPSA) is 83.9 Å². The van der Waals surface area contributed by atoms with Gasteiger partial charge in [-0.15, -0.1) is 11.8 Å². The van der Waals surface area contributed by atoms with Crippen LogP contribution in [0.1, 0.15) is 31.7 Å². The van der Waals surface area contributed by atoms with Crippen LogP contribution in [-0.4, -0.2) is 52.8 Å². The molecule has 1 N–H and O–H groups in total. The molecule has 0 aromatic heterocycles. The Morgan fingerprint density at radius 3 is 2.33 bits per heavy atom. The Labute approximate surface area is 199 Å². The fourth-order valence-electron chi connectivity index (χ4n) is 4.35. The molecular weight excluding hydrogens is 438 g/mol. The molecule has 3 rings (SSSR count). The van der Waals surface area contributed by atoms with Gasteiger partial charge in [0, 0.05) is 22.6 Å². The zero-order chi connectivity index (χ0) is 23.8. The lowest BCUT2D eigenvalue weighted by molar-refractivity contribution is -0.151. The van der Waals surface area contributed by atoms with E-state index >= 15 is 0 Å². The molecule has 1 amide bonds. The van der Waals surface area contributed by atoms with E-state index in [-0.39, 0.29) is 17.1 Å². The van der Waals surface area contributed by atoms with E-state index in [0.717, 1.165) is 10.5 Å². The number of carbonyl (C=O) groups excluding carboxylic acids is 2. The summed E-state index contributed by atoms with van der Waals surface area (Å²) in [4.78, 5) is 40.1. The minimum absolute atomic E-state index is 0.0131. The van der Waals surface area contributed by atoms with Crippen LogP contribution in [0.15, 0.2) is 65.6 Å². The highest BCUT2D eigenvalue weighted by Crippen LogP contribution is 2.34. The predicted molar refractivity (Wildman–Crippen MR) is 128 cm³/mol. The molecule has 1 aliphatic heterocycles. The van der Waals surface area contributed by atoms with Crippen LogP contribution in [0.3, 0.4) is 0 Å². The molecule has 6 nitrogen and oxygen atoms in total. The highest BCUT2D eigenvalue weighted by atomic mass is 32.2. The number of amides is 1. The lowest BCUT2D eigenvalue weighted by Crippen LogP contribution is -2.43. The second-order valence-corrected chi connectivity index (χ2v) is 9.89. The Morgan fingerprint density at radius 2 is 1.73 bits per heavy atom. The highest BCUT2D eigenvalue weighted by molar-refractivity contribution is 8.00. The van der Waals surface area contributed by atoms with Crippen molar-refractivity contribution in [2.45, 2.75) is 48.8 Å². The largest absolute Gasteiger partial charge is 0.480 e. The van der Waals surface area contributed by atoms with Gasteiger partial charge in [-0.3, -0.25) is 9.59 Å². The molecule has 3 unspecified atom stereocenters. The van der Waals surface area contributed by atoms with Crippen LogP contribution in [0, 0.1) is 11.8 Å². The molecule has 1 saturated heterocycles. The SMILES string of the molecule is COC(=O)C(CCc1ccccc1)CC(C)C(=O)N1CC(Sc2ccccc2)C[C@H]1C(=O)O. The molecule has 0 aliphatic carbocycles. The summed E-state index contributed by atoms with van der Waals surface area (Å²) in [7, 11) is 1.36. The number of nitrogens with zero attached hydrogens (tertiary/aromatic N) is 1. The first-order chi connectivity index (χ1) is 15.9. The molecule has 1 heterocycles. The number of benzene rings is 2. The fourth-order valence-corrected chi connectivity index (χ4v) is 5.56. The van der Waals surface area contributed by atoms with Crippen LogP contribution < -0.4 is 0 Å². The summed E-state index contributed by atoms with van der Waals surface area (Å²) in [5, 5.41) is 9.75. The van der Waals surface area contributed by atoms with Gasteiger partial charge in [-0.1, -0.05) is 55.5 Å². The number of hydrogen-bond acceptors (Lipinski definition) is 5. The van der Waals surface area contributed by atoms with Crippen LogP contribution in [0.4, 0.5) is 0 Å². The van der Waals surface area contributed by atoms with Crippen molar-refractivity contribution in [2.24, 2.45) is 11.8 Å². The molecule has 2 aromatic carbocycles. The van der Waals surface area contributed by atoms with E-state index < -0.39 is 23.8 Å². The van der Waals surface area contributed by atoms with Gasteiger partial charge in [0.1, 0.15) is 6.04 Å². The normalized spacial score (nSPS) is 19.6. The summed E-state index contributed by atoms with van der Waals surface area (Å²) < 4.78 is 4.99. The van der Waals surface area contributed by atoms with E-state index in [0.29, 0.717) is 32.2 Å². The number of carboxylic acid groups (broad SMARTS) is 1. The van der Waals surface area contributed by atoms with Crippen LogP contribution >= 0.6 is 11.8 Å². The molecule has 4 atom stereocenters. The quantitative estimate of drug-likeness (QED) is 0.523. The molecule has 2 aromatic rings. The van der Waals surface area contributed by atoms with Crippen LogP contribution in [0.5, 0.6) is 0 Å². The Balaban J connectivity index is 1.64. The van der Waals surface area contributed by atoms with Crippen molar-refractivity contribution in [3.05, 3.63) is 66.2 Å². The lowest BCUT2D eigenvalue weighted by Gasteiger charge is -2.26. The summed E-state index contributed by atoms with van der Waals surface area (Å²) in [6, 6.07) is 18.8. The molecule has 7 heteroatoms. The van der Waals surface area contributed by atoms with Gasteiger partial charge in [0.05, 0.1) is 13.0 Å². The first-order valence-electron chi connectivity index (χ1n) is 11.3. The Bertz CT molecular complexity index is 936. The summed E-state index contributed by atoms with van der Waals surface area (Å²) in [6.07, 6.45) is 2.02. The maximum atomic E-state index is 13.3. The number of carboxylic acids is 1. The van der Waals surface area contributed by atoms with Crippen molar-refractivity contribution >= 4 is 29.6 Å². The number of carbonyl (C=O) groups is 3. The first-order valence-corrected chi connectivity index (χ1v) is 12.1. The van der Waals surface area contributed by atoms with Crippen LogP contribution in [0.25, 0.3) is 0 Å². The summed E-state index contributed by atoms with van der Waals surface area (Å²) in [5.74, 6) is -2.44. The van der Waals surface area contributed by atoms with E-state index in [4.69, 9.17) is 4.74 Å². The van der Waals surface area contributed by atoms with Gasteiger partial charge >= 0.3 is 11.9 Å². The molecule has 1 aliphatic rings. The Hall–Kier alpha value is -2.80. The second-order valence-electron chi connectivity index (χ2n) is 8.51. The molecule has 0 radical (unpaired) electrons. The van der Waals surface area contributed by atoms with E-state index in [9.17, 15) is 19.5 Å². The molecule has 176 valence electrons. The van der Waals surface area contributed by atoms with Gasteiger partial charge in [0.15, 0.2) is 0 Å². The van der Waals surface area contributed by atoms with Crippen LogP contribution in [-0.2, 0) is 25.5 Å². The minimum Gasteiger partial charge on any atom is -0.480 e. The van der Waals surface area contributed by atoms with E-state index in [2.05, 4.69) is 0 Å². The minimum atomic E-state index is -0.986. The molecule has 0 spiro atoms. The first kappa shape index (κ1) is 24.8. The predicted octanol–water partition coefficient (Wildman–Crippen LogP) is 4.28. The van der Waals surface area contributed by atoms with Gasteiger partial charge in [-0.25, -0.2) is 4.79 Å². The number of hydrogen-bond donors (Lipinski definition) is 1. The van der Waals surface area contributed by atoms with E-state index in [1.165, 1.54) is 12.0 Å². The number of thioether (sulfide) groups is 1. The number of esters is 1. The van der Waals surface area contributed by atoms with Crippen LogP contribution in [0.2, 0.25) is 0 Å². The van der Waals surface area contributed by atoms with Crippen molar-refractivity contribution in [2.75, 3.05) is 13.7 Å². The summed E-state index contributed by atoms with van der Waals surface area (Å²) in [5.41, 5.74) is 1.12. The molecular formula is C26H31NO5S. The fraction of sp³-hybridized carbons (Fsp3) is 0.423. The number of rotatable bonds is 10. The Kier molecular flexibility index (Phi) is 8.95. The van der Waals surface area contributed by atoms with Gasteiger partial charge in [0.25, 0.3) is 0 Å². The molecule has 0 saturated carbocycles. The highest BCUT2D eigenvalue weighted by Gasteiger charge is 2.41. The van der Waals surface area contributed by atoms with Crippen molar-refractivity contribution in [3.63, 3.8) is 0 Å².